The number of rotatable bonds is 1. The van der Waals surface area contributed by atoms with Crippen molar-refractivity contribution >= 4 is 0 Å². The van der Waals surface area contributed by atoms with E-state index in [0.717, 1.165) is 12.0 Å². The van der Waals surface area contributed by atoms with Gasteiger partial charge in [0, 0.05) is 11.0 Å². The van der Waals surface area contributed by atoms with E-state index in [2.05, 4.69) is 47.6 Å². The molecule has 0 radical (unpaired) electrons. The van der Waals surface area contributed by atoms with E-state index in [1.165, 1.54) is 16.7 Å². The summed E-state index contributed by atoms with van der Waals surface area (Å²) in [6.45, 7) is 13.3. The van der Waals surface area contributed by atoms with Crippen LogP contribution >= 0.6 is 0 Å². The van der Waals surface area contributed by atoms with Crippen molar-refractivity contribution in [3.63, 3.8) is 0 Å². The van der Waals surface area contributed by atoms with Crippen LogP contribution in [0.5, 0.6) is 11.5 Å². The van der Waals surface area contributed by atoms with Gasteiger partial charge in [-0.2, -0.15) is 0 Å². The molecule has 1 atom stereocenters. The fourth-order valence-corrected chi connectivity index (χ4v) is 4.63. The summed E-state index contributed by atoms with van der Waals surface area (Å²) in [7, 11) is 0. The molecule has 0 saturated carbocycles. The predicted molar refractivity (Wildman–Crippen MR) is 99.0 cm³/mol. The number of hydrogen-bond acceptors (Lipinski definition) is 2. The third kappa shape index (κ3) is 2.40. The van der Waals surface area contributed by atoms with E-state index in [-0.39, 0.29) is 22.0 Å². The Bertz CT molecular complexity index is 779. The Hall–Kier alpha value is -1.96. The van der Waals surface area contributed by atoms with E-state index < -0.39 is 0 Å². The number of fused-ring (bicyclic) bond motifs is 1. The fraction of sp³-hybridized carbons (Fsp3) is 0.455. The Balaban J connectivity index is 2.36. The number of hydrogen-bond donors (Lipinski definition) is 2. The maximum Gasteiger partial charge on any atom is 0.119 e. The van der Waals surface area contributed by atoms with Crippen LogP contribution in [-0.4, -0.2) is 10.2 Å². The van der Waals surface area contributed by atoms with E-state index in [9.17, 15) is 10.2 Å². The van der Waals surface area contributed by atoms with Gasteiger partial charge in [-0.25, -0.2) is 0 Å². The Morgan fingerprint density at radius 2 is 1.46 bits per heavy atom. The molecule has 0 amide bonds. The molecule has 0 spiro atoms. The van der Waals surface area contributed by atoms with Gasteiger partial charge in [0.05, 0.1) is 0 Å². The standard InChI is InChI=1S/C22H28O2/c1-20(2,3)19-17(24)12-11-16-18(19)22(6,13-21(16,4)5)14-7-9-15(23)10-8-14/h7-12,23-24H,13H2,1-6H3. The van der Waals surface area contributed by atoms with Crippen molar-refractivity contribution in [3.05, 3.63) is 58.7 Å². The highest BCUT2D eigenvalue weighted by atomic mass is 16.3. The van der Waals surface area contributed by atoms with Crippen LogP contribution in [0.25, 0.3) is 0 Å². The van der Waals surface area contributed by atoms with Crippen molar-refractivity contribution in [1.82, 2.24) is 0 Å². The third-order valence-electron chi connectivity index (χ3n) is 5.51. The average molecular weight is 324 g/mol. The molecule has 0 aliphatic heterocycles. The smallest absolute Gasteiger partial charge is 0.119 e. The molecule has 2 aromatic carbocycles. The summed E-state index contributed by atoms with van der Waals surface area (Å²) in [6, 6.07) is 11.5. The molecule has 0 heterocycles. The molecule has 1 aliphatic rings. The molecule has 1 unspecified atom stereocenters. The zero-order valence-electron chi connectivity index (χ0n) is 15.6. The monoisotopic (exact) mass is 324 g/mol. The van der Waals surface area contributed by atoms with Gasteiger partial charge in [-0.15, -0.1) is 0 Å². The van der Waals surface area contributed by atoms with Gasteiger partial charge in [0.1, 0.15) is 11.5 Å². The molecule has 1 aliphatic carbocycles. The Morgan fingerprint density at radius 3 is 2.00 bits per heavy atom. The van der Waals surface area contributed by atoms with Crippen LogP contribution in [0.3, 0.4) is 0 Å². The minimum absolute atomic E-state index is 0.0374. The van der Waals surface area contributed by atoms with Crippen molar-refractivity contribution in [3.8, 4) is 11.5 Å². The lowest BCUT2D eigenvalue weighted by Crippen LogP contribution is -2.26. The van der Waals surface area contributed by atoms with E-state index in [4.69, 9.17) is 0 Å². The second kappa shape index (κ2) is 5.02. The van der Waals surface area contributed by atoms with Crippen LogP contribution in [0.1, 0.15) is 70.2 Å². The second-order valence-corrected chi connectivity index (χ2v) is 9.07. The molecule has 24 heavy (non-hydrogen) atoms. The highest BCUT2D eigenvalue weighted by Crippen LogP contribution is 2.57. The fourth-order valence-electron chi connectivity index (χ4n) is 4.63. The van der Waals surface area contributed by atoms with Crippen LogP contribution in [0.2, 0.25) is 0 Å². The zero-order valence-corrected chi connectivity index (χ0v) is 15.6. The predicted octanol–water partition coefficient (Wildman–Crippen LogP) is 5.38. The Labute approximate surface area is 145 Å². The minimum Gasteiger partial charge on any atom is -0.508 e. The maximum atomic E-state index is 10.7. The quantitative estimate of drug-likeness (QED) is 0.739. The third-order valence-corrected chi connectivity index (χ3v) is 5.51. The Kier molecular flexibility index (Phi) is 3.53. The maximum absolute atomic E-state index is 10.7. The normalized spacial score (nSPS) is 22.4. The van der Waals surface area contributed by atoms with Crippen LogP contribution in [0.4, 0.5) is 0 Å². The summed E-state index contributed by atoms with van der Waals surface area (Å²) >= 11 is 0. The van der Waals surface area contributed by atoms with Gasteiger partial charge < -0.3 is 10.2 Å². The topological polar surface area (TPSA) is 40.5 Å². The van der Waals surface area contributed by atoms with E-state index in [0.29, 0.717) is 5.75 Å². The first kappa shape index (κ1) is 16.9. The lowest BCUT2D eigenvalue weighted by molar-refractivity contribution is 0.414. The highest BCUT2D eigenvalue weighted by molar-refractivity contribution is 5.61. The molecule has 0 fully saturated rings. The molecule has 2 heteroatoms. The lowest BCUT2D eigenvalue weighted by Gasteiger charge is -2.33. The lowest BCUT2D eigenvalue weighted by atomic mass is 9.70. The SMILES string of the molecule is CC(C)(C)c1c(O)ccc2c1C(C)(c1ccc(O)cc1)CC2(C)C. The average Bonchev–Trinajstić information content (AvgIpc) is 2.65. The molecule has 128 valence electrons. The van der Waals surface area contributed by atoms with Crippen molar-refractivity contribution in [1.29, 1.82) is 0 Å². The van der Waals surface area contributed by atoms with Crippen LogP contribution in [0.15, 0.2) is 36.4 Å². The molecule has 0 bridgehead atoms. The molecule has 0 saturated heterocycles. The van der Waals surface area contributed by atoms with Gasteiger partial charge in [0.25, 0.3) is 0 Å². The van der Waals surface area contributed by atoms with Crippen molar-refractivity contribution in [2.24, 2.45) is 0 Å². The summed E-state index contributed by atoms with van der Waals surface area (Å²) < 4.78 is 0. The van der Waals surface area contributed by atoms with Crippen molar-refractivity contribution in [2.75, 3.05) is 0 Å². The molecule has 2 aromatic rings. The first-order chi connectivity index (χ1) is 11.0. The van der Waals surface area contributed by atoms with Crippen LogP contribution in [-0.2, 0) is 16.2 Å². The number of phenols is 2. The van der Waals surface area contributed by atoms with Crippen molar-refractivity contribution < 1.29 is 10.2 Å². The summed E-state index contributed by atoms with van der Waals surface area (Å²) in [5, 5.41) is 20.3. The first-order valence-corrected chi connectivity index (χ1v) is 8.64. The van der Waals surface area contributed by atoms with Crippen LogP contribution < -0.4 is 0 Å². The zero-order chi connectivity index (χ0) is 17.9. The molecule has 2 nitrogen and oxygen atoms in total. The Morgan fingerprint density at radius 1 is 0.875 bits per heavy atom. The van der Waals surface area contributed by atoms with E-state index >= 15 is 0 Å². The highest BCUT2D eigenvalue weighted by Gasteiger charge is 2.48. The van der Waals surface area contributed by atoms with E-state index in [1.807, 2.05) is 18.2 Å². The first-order valence-electron chi connectivity index (χ1n) is 8.64. The summed E-state index contributed by atoms with van der Waals surface area (Å²) in [5.41, 5.74) is 4.51. The summed E-state index contributed by atoms with van der Waals surface area (Å²) in [4.78, 5) is 0. The van der Waals surface area contributed by atoms with Gasteiger partial charge >= 0.3 is 0 Å². The largest absolute Gasteiger partial charge is 0.508 e. The summed E-state index contributed by atoms with van der Waals surface area (Å²) in [6.07, 6.45) is 0.979. The number of aromatic hydroxyl groups is 2. The number of phenolic OH excluding ortho intramolecular Hbond substituents is 2. The van der Waals surface area contributed by atoms with Gasteiger partial charge in [0.2, 0.25) is 0 Å². The van der Waals surface area contributed by atoms with E-state index in [1.54, 1.807) is 12.1 Å². The van der Waals surface area contributed by atoms with Gasteiger partial charge in [-0.05, 0) is 52.1 Å². The van der Waals surface area contributed by atoms with Gasteiger partial charge in [0.15, 0.2) is 0 Å². The van der Waals surface area contributed by atoms with Gasteiger partial charge in [-0.3, -0.25) is 0 Å². The van der Waals surface area contributed by atoms with Crippen LogP contribution in [0, 0.1) is 0 Å². The molecular formula is C22H28O2. The van der Waals surface area contributed by atoms with Gasteiger partial charge in [-0.1, -0.05) is 59.7 Å². The van der Waals surface area contributed by atoms with Crippen molar-refractivity contribution in [2.45, 2.75) is 64.2 Å². The molecule has 0 aromatic heterocycles. The number of benzene rings is 2. The minimum atomic E-state index is -0.187. The second-order valence-electron chi connectivity index (χ2n) is 9.07. The summed E-state index contributed by atoms with van der Waals surface area (Å²) in [5.74, 6) is 0.663. The molecule has 2 N–H and O–H groups in total. The molecule has 3 rings (SSSR count). The molecular weight excluding hydrogens is 296 g/mol.